The molecule has 2 aromatic rings. The zero-order chi connectivity index (χ0) is 28.5. The molecular weight excluding hydrogens is 538 g/mol. The van der Waals surface area contributed by atoms with Crippen molar-refractivity contribution in [1.82, 2.24) is 10.3 Å². The monoisotopic (exact) mass is 566 g/mol. The molecule has 1 aromatic carbocycles. The van der Waals surface area contributed by atoms with E-state index in [0.29, 0.717) is 16.8 Å². The Morgan fingerprint density at radius 1 is 1.11 bits per heavy atom. The third-order valence-corrected chi connectivity index (χ3v) is 6.99. The number of rotatable bonds is 7. The van der Waals surface area contributed by atoms with Crippen molar-refractivity contribution in [3.63, 3.8) is 0 Å². The third kappa shape index (κ3) is 7.51. The number of hydrogen-bond acceptors (Lipinski definition) is 5. The highest BCUT2D eigenvalue weighted by atomic mass is 32.2. The summed E-state index contributed by atoms with van der Waals surface area (Å²) in [4.78, 5) is 17.9. The molecule has 14 heteroatoms. The molecule has 0 saturated carbocycles. The number of halogens is 6. The van der Waals surface area contributed by atoms with Gasteiger partial charge in [-0.3, -0.25) is 9.52 Å². The first-order valence-corrected chi connectivity index (χ1v) is 13.6. The summed E-state index contributed by atoms with van der Waals surface area (Å²) in [5.74, 6) is -2.78. The molecule has 0 radical (unpaired) electrons. The van der Waals surface area contributed by atoms with E-state index in [1.54, 1.807) is 26.0 Å². The van der Waals surface area contributed by atoms with Gasteiger partial charge in [0, 0.05) is 25.2 Å². The van der Waals surface area contributed by atoms with E-state index in [0.717, 1.165) is 12.3 Å². The molecular formula is C24H28F6N4O3S. The van der Waals surface area contributed by atoms with Gasteiger partial charge in [0.15, 0.2) is 0 Å². The number of hydrogen-bond donors (Lipinski definition) is 2. The number of pyridine rings is 1. The van der Waals surface area contributed by atoms with Crippen LogP contribution in [-0.4, -0.2) is 44.8 Å². The second kappa shape index (κ2) is 11.0. The summed E-state index contributed by atoms with van der Waals surface area (Å²) < 4.78 is 104. The normalized spacial score (nSPS) is 16.3. The van der Waals surface area contributed by atoms with Crippen molar-refractivity contribution in [2.75, 3.05) is 29.0 Å². The fraction of sp³-hybridized carbons (Fsp3) is 0.500. The molecule has 0 aliphatic carbocycles. The fourth-order valence-electron chi connectivity index (χ4n) is 4.22. The van der Waals surface area contributed by atoms with Crippen LogP contribution >= 0.6 is 0 Å². The average Bonchev–Trinajstić information content (AvgIpc) is 2.81. The number of nitrogens with zero attached hydrogens (tertiary/aromatic N) is 2. The van der Waals surface area contributed by atoms with Gasteiger partial charge in [-0.2, -0.15) is 26.3 Å². The van der Waals surface area contributed by atoms with Crippen molar-refractivity contribution in [2.45, 2.75) is 51.5 Å². The van der Waals surface area contributed by atoms with E-state index in [1.807, 2.05) is 0 Å². The number of carbonyl (C=O) groups is 1. The second-order valence-electron chi connectivity index (χ2n) is 9.37. The van der Waals surface area contributed by atoms with Gasteiger partial charge in [0.2, 0.25) is 15.9 Å². The first kappa shape index (κ1) is 29.5. The summed E-state index contributed by atoms with van der Waals surface area (Å²) in [7, 11) is -3.49. The number of amides is 1. The van der Waals surface area contributed by atoms with E-state index >= 15 is 0 Å². The molecule has 1 amide bonds. The van der Waals surface area contributed by atoms with Crippen LogP contribution in [0.3, 0.4) is 0 Å². The third-order valence-electron chi connectivity index (χ3n) is 6.40. The van der Waals surface area contributed by atoms with Crippen LogP contribution in [0.25, 0.3) is 0 Å². The summed E-state index contributed by atoms with van der Waals surface area (Å²) in [6, 6.07) is 6.70. The predicted molar refractivity (Wildman–Crippen MR) is 130 cm³/mol. The van der Waals surface area contributed by atoms with Crippen LogP contribution in [0.4, 0.5) is 37.8 Å². The van der Waals surface area contributed by atoms with Gasteiger partial charge in [0.1, 0.15) is 11.5 Å². The van der Waals surface area contributed by atoms with E-state index in [9.17, 15) is 39.6 Å². The van der Waals surface area contributed by atoms with Gasteiger partial charge >= 0.3 is 12.4 Å². The number of benzene rings is 1. The van der Waals surface area contributed by atoms with Gasteiger partial charge in [0.05, 0.1) is 23.8 Å². The number of aryl methyl sites for hydroxylation is 1. The van der Waals surface area contributed by atoms with E-state index in [4.69, 9.17) is 0 Å². The van der Waals surface area contributed by atoms with Gasteiger partial charge in [-0.05, 0) is 49.9 Å². The molecule has 210 valence electrons. The Morgan fingerprint density at radius 3 is 2.26 bits per heavy atom. The van der Waals surface area contributed by atoms with Crippen molar-refractivity contribution < 1.29 is 39.6 Å². The molecule has 1 aromatic heterocycles. The second-order valence-corrected chi connectivity index (χ2v) is 11.1. The summed E-state index contributed by atoms with van der Waals surface area (Å²) in [6.07, 6.45) is -8.65. The van der Waals surface area contributed by atoms with E-state index in [-0.39, 0.29) is 43.9 Å². The average molecular weight is 567 g/mol. The summed E-state index contributed by atoms with van der Waals surface area (Å²) in [6.45, 7) is 2.85. The van der Waals surface area contributed by atoms with Crippen molar-refractivity contribution in [3.8, 4) is 0 Å². The summed E-state index contributed by atoms with van der Waals surface area (Å²) in [5, 5.41) is 2.66. The van der Waals surface area contributed by atoms with Crippen LogP contribution in [-0.2, 0) is 27.5 Å². The highest BCUT2D eigenvalue weighted by Gasteiger charge is 2.42. The molecule has 2 N–H and O–H groups in total. The molecule has 3 rings (SSSR count). The number of alkyl halides is 6. The lowest BCUT2D eigenvalue weighted by Gasteiger charge is -2.35. The van der Waals surface area contributed by atoms with Crippen LogP contribution in [0.15, 0.2) is 30.3 Å². The molecule has 1 unspecified atom stereocenters. The van der Waals surface area contributed by atoms with Gasteiger partial charge < -0.3 is 10.2 Å². The number of sulfonamides is 1. The smallest absolute Gasteiger partial charge is 0.356 e. The molecule has 38 heavy (non-hydrogen) atoms. The highest BCUT2D eigenvalue weighted by Crippen LogP contribution is 2.37. The minimum Gasteiger partial charge on any atom is -0.356 e. The van der Waals surface area contributed by atoms with Crippen molar-refractivity contribution in [1.29, 1.82) is 0 Å². The predicted octanol–water partition coefficient (Wildman–Crippen LogP) is 4.98. The molecule has 7 nitrogen and oxygen atoms in total. The maximum Gasteiger partial charge on any atom is 0.433 e. The quantitative estimate of drug-likeness (QED) is 0.462. The first-order valence-electron chi connectivity index (χ1n) is 11.7. The van der Waals surface area contributed by atoms with Crippen LogP contribution < -0.4 is 14.9 Å². The SMILES string of the molecule is Cc1cc(C(C)C(=O)NCc2ccc(C(F)(F)F)nc2N2CCC(C(F)(F)F)CC2)ccc1NS(C)(=O)=O. The van der Waals surface area contributed by atoms with Crippen LogP contribution in [0.2, 0.25) is 0 Å². The Bertz CT molecular complexity index is 1270. The lowest BCUT2D eigenvalue weighted by atomic mass is 9.96. The molecule has 2 heterocycles. The van der Waals surface area contributed by atoms with Crippen LogP contribution in [0.5, 0.6) is 0 Å². The van der Waals surface area contributed by atoms with Crippen molar-refractivity contribution >= 4 is 27.4 Å². The number of aromatic nitrogens is 1. The molecule has 1 aliphatic heterocycles. The van der Waals surface area contributed by atoms with Crippen LogP contribution in [0.1, 0.15) is 48.1 Å². The number of piperidine rings is 1. The number of carbonyl (C=O) groups excluding carboxylic acids is 1. The number of anilines is 2. The topological polar surface area (TPSA) is 91.4 Å². The standard InChI is InChI=1S/C24H28F6N4O3S/c1-14-12-16(4-6-19(14)33-38(3,36)37)15(2)22(35)31-13-17-5-7-20(24(28,29)30)32-21(17)34-10-8-18(9-11-34)23(25,26)27/h4-7,12,15,18,33H,8-11,13H2,1-3H3,(H,31,35). The fourth-order valence-corrected chi connectivity index (χ4v) is 4.85. The van der Waals surface area contributed by atoms with Crippen LogP contribution in [0, 0.1) is 12.8 Å². The lowest BCUT2D eigenvalue weighted by molar-refractivity contribution is -0.179. The number of nitrogens with one attached hydrogen (secondary N) is 2. The van der Waals surface area contributed by atoms with Crippen molar-refractivity contribution in [2.24, 2.45) is 5.92 Å². The minimum absolute atomic E-state index is 0.111. The molecule has 1 atom stereocenters. The van der Waals surface area contributed by atoms with E-state index in [2.05, 4.69) is 15.0 Å². The van der Waals surface area contributed by atoms with E-state index < -0.39 is 45.8 Å². The molecule has 1 aliphatic rings. The summed E-state index contributed by atoms with van der Waals surface area (Å²) >= 11 is 0. The van der Waals surface area contributed by atoms with Gasteiger partial charge in [-0.15, -0.1) is 0 Å². The highest BCUT2D eigenvalue weighted by molar-refractivity contribution is 7.92. The van der Waals surface area contributed by atoms with Gasteiger partial charge in [-0.1, -0.05) is 18.2 Å². The molecule has 0 bridgehead atoms. The Balaban J connectivity index is 1.76. The van der Waals surface area contributed by atoms with Gasteiger partial charge in [-0.25, -0.2) is 13.4 Å². The van der Waals surface area contributed by atoms with Crippen molar-refractivity contribution in [3.05, 3.63) is 52.7 Å². The Morgan fingerprint density at radius 2 is 1.74 bits per heavy atom. The molecule has 0 spiro atoms. The first-order chi connectivity index (χ1) is 17.5. The molecule has 1 fully saturated rings. The largest absolute Gasteiger partial charge is 0.433 e. The summed E-state index contributed by atoms with van der Waals surface area (Å²) in [5.41, 5.74) is 0.599. The Labute approximate surface area is 216 Å². The Kier molecular flexibility index (Phi) is 8.54. The Hall–Kier alpha value is -3.03. The molecule has 1 saturated heterocycles. The zero-order valence-corrected chi connectivity index (χ0v) is 21.7. The zero-order valence-electron chi connectivity index (χ0n) is 20.9. The lowest BCUT2D eigenvalue weighted by Crippen LogP contribution is -2.40. The van der Waals surface area contributed by atoms with Gasteiger partial charge in [0.25, 0.3) is 0 Å². The maximum atomic E-state index is 13.3. The minimum atomic E-state index is -4.74. The van der Waals surface area contributed by atoms with E-state index in [1.165, 1.54) is 17.0 Å². The maximum absolute atomic E-state index is 13.3.